The Bertz CT molecular complexity index is 562. The molecule has 2 rings (SSSR count). The Morgan fingerprint density at radius 2 is 1.94 bits per heavy atom. The molecule has 7 heteroatoms. The predicted molar refractivity (Wildman–Crippen MR) is 66.2 cm³/mol. The van der Waals surface area contributed by atoms with E-state index in [1.807, 2.05) is 0 Å². The van der Waals surface area contributed by atoms with Crippen molar-refractivity contribution in [3.63, 3.8) is 0 Å². The smallest absolute Gasteiger partial charge is 0.321 e. The van der Waals surface area contributed by atoms with Gasteiger partial charge in [-0.1, -0.05) is 23.2 Å². The van der Waals surface area contributed by atoms with E-state index in [-0.39, 0.29) is 12.0 Å². The van der Waals surface area contributed by atoms with E-state index in [0.717, 1.165) is 0 Å². The molecule has 1 heterocycles. The molecule has 0 saturated heterocycles. The molecule has 0 bridgehead atoms. The first-order valence-electron chi connectivity index (χ1n) is 4.61. The van der Waals surface area contributed by atoms with Crippen LogP contribution in [0.25, 0.3) is 11.4 Å². The number of methoxy groups -OCH3 is 1. The highest BCUT2D eigenvalue weighted by Gasteiger charge is 2.11. The number of rotatable bonds is 2. The molecule has 88 valence electrons. The van der Waals surface area contributed by atoms with Crippen molar-refractivity contribution in [1.82, 2.24) is 15.0 Å². The van der Waals surface area contributed by atoms with Crippen LogP contribution in [-0.2, 0) is 0 Å². The third kappa shape index (κ3) is 2.57. The van der Waals surface area contributed by atoms with E-state index in [4.69, 9.17) is 33.7 Å². The van der Waals surface area contributed by atoms with Crippen molar-refractivity contribution in [3.05, 3.63) is 28.2 Å². The van der Waals surface area contributed by atoms with E-state index in [1.165, 1.54) is 7.11 Å². The molecule has 0 saturated carbocycles. The molecule has 2 N–H and O–H groups in total. The number of hydrogen-bond acceptors (Lipinski definition) is 5. The number of nitrogen functional groups attached to an aromatic ring is 1. The van der Waals surface area contributed by atoms with Crippen molar-refractivity contribution in [1.29, 1.82) is 0 Å². The van der Waals surface area contributed by atoms with Crippen LogP contribution in [0.1, 0.15) is 0 Å². The average Bonchev–Trinajstić information content (AvgIpc) is 2.31. The zero-order valence-corrected chi connectivity index (χ0v) is 10.3. The molecular weight excluding hydrogens is 263 g/mol. The zero-order chi connectivity index (χ0) is 12.4. The van der Waals surface area contributed by atoms with E-state index < -0.39 is 0 Å². The van der Waals surface area contributed by atoms with Crippen molar-refractivity contribution in [2.45, 2.75) is 0 Å². The molecule has 5 nitrogen and oxygen atoms in total. The summed E-state index contributed by atoms with van der Waals surface area (Å²) in [6, 6.07) is 5.11. The number of halogens is 2. The van der Waals surface area contributed by atoms with Crippen LogP contribution in [0.5, 0.6) is 6.01 Å². The lowest BCUT2D eigenvalue weighted by molar-refractivity contribution is 0.379. The Hall–Kier alpha value is -1.59. The van der Waals surface area contributed by atoms with Gasteiger partial charge in [0, 0.05) is 10.6 Å². The molecule has 0 unspecified atom stereocenters. The first-order chi connectivity index (χ1) is 8.10. The Morgan fingerprint density at radius 1 is 1.18 bits per heavy atom. The highest BCUT2D eigenvalue weighted by atomic mass is 35.5. The van der Waals surface area contributed by atoms with Gasteiger partial charge in [-0.05, 0) is 18.2 Å². The van der Waals surface area contributed by atoms with Crippen LogP contribution in [0.3, 0.4) is 0 Å². The fourth-order valence-electron chi connectivity index (χ4n) is 1.25. The Morgan fingerprint density at radius 3 is 2.65 bits per heavy atom. The largest absolute Gasteiger partial charge is 0.467 e. The number of ether oxygens (including phenoxy) is 1. The number of anilines is 1. The molecule has 0 aliphatic rings. The first-order valence-corrected chi connectivity index (χ1v) is 5.36. The third-order valence-corrected chi connectivity index (χ3v) is 2.55. The predicted octanol–water partition coefficient (Wildman–Crippen LogP) is 2.44. The van der Waals surface area contributed by atoms with Gasteiger partial charge < -0.3 is 10.5 Å². The van der Waals surface area contributed by atoms with Gasteiger partial charge in [-0.3, -0.25) is 0 Å². The lowest BCUT2D eigenvalue weighted by Gasteiger charge is -2.05. The average molecular weight is 271 g/mol. The maximum Gasteiger partial charge on any atom is 0.321 e. The number of aromatic nitrogens is 3. The molecule has 2 aromatic rings. The minimum Gasteiger partial charge on any atom is -0.467 e. The molecule has 0 spiro atoms. The van der Waals surface area contributed by atoms with E-state index in [9.17, 15) is 0 Å². The summed E-state index contributed by atoms with van der Waals surface area (Å²) in [4.78, 5) is 11.8. The summed E-state index contributed by atoms with van der Waals surface area (Å²) in [7, 11) is 1.44. The van der Waals surface area contributed by atoms with Gasteiger partial charge in [0.05, 0.1) is 12.1 Å². The summed E-state index contributed by atoms with van der Waals surface area (Å²) in [6.45, 7) is 0. The van der Waals surface area contributed by atoms with Gasteiger partial charge in [0.15, 0.2) is 5.82 Å². The van der Waals surface area contributed by atoms with Crippen molar-refractivity contribution >= 4 is 29.2 Å². The summed E-state index contributed by atoms with van der Waals surface area (Å²) < 4.78 is 4.91. The van der Waals surface area contributed by atoms with Crippen LogP contribution in [0.4, 0.5) is 5.95 Å². The molecule has 0 aliphatic heterocycles. The van der Waals surface area contributed by atoms with Crippen LogP contribution in [0.15, 0.2) is 18.2 Å². The van der Waals surface area contributed by atoms with E-state index in [1.54, 1.807) is 18.2 Å². The van der Waals surface area contributed by atoms with Crippen LogP contribution in [0, 0.1) is 0 Å². The Balaban J connectivity index is 2.59. The normalized spacial score (nSPS) is 10.3. The third-order valence-electron chi connectivity index (χ3n) is 1.98. The van der Waals surface area contributed by atoms with Gasteiger partial charge in [0.1, 0.15) is 0 Å². The quantitative estimate of drug-likeness (QED) is 0.907. The summed E-state index contributed by atoms with van der Waals surface area (Å²) in [5.74, 6) is 0.379. The molecule has 17 heavy (non-hydrogen) atoms. The van der Waals surface area contributed by atoms with E-state index in [2.05, 4.69) is 15.0 Å². The number of benzene rings is 1. The second-order valence-electron chi connectivity index (χ2n) is 3.13. The van der Waals surface area contributed by atoms with Crippen LogP contribution >= 0.6 is 23.2 Å². The molecule has 0 atom stereocenters. The molecule has 0 amide bonds. The molecule has 0 fully saturated rings. The molecule has 1 aromatic carbocycles. The van der Waals surface area contributed by atoms with Gasteiger partial charge in [-0.25, -0.2) is 0 Å². The first kappa shape index (κ1) is 11.9. The number of nitrogens with two attached hydrogens (primary N) is 1. The van der Waals surface area contributed by atoms with Gasteiger partial charge >= 0.3 is 6.01 Å². The lowest BCUT2D eigenvalue weighted by Crippen LogP contribution is -2.02. The maximum atomic E-state index is 6.04. The number of hydrogen-bond donors (Lipinski definition) is 1. The number of nitrogens with zero attached hydrogens (tertiary/aromatic N) is 3. The lowest BCUT2D eigenvalue weighted by atomic mass is 10.2. The summed E-state index contributed by atoms with van der Waals surface area (Å²) in [5.41, 5.74) is 6.12. The second-order valence-corrected chi connectivity index (χ2v) is 3.97. The summed E-state index contributed by atoms with van der Waals surface area (Å²) in [5, 5.41) is 1.00. The summed E-state index contributed by atoms with van der Waals surface area (Å²) >= 11 is 11.9. The Kier molecular flexibility index (Phi) is 3.31. The van der Waals surface area contributed by atoms with E-state index in [0.29, 0.717) is 21.4 Å². The van der Waals surface area contributed by atoms with Gasteiger partial charge in [0.2, 0.25) is 5.95 Å². The molecule has 1 aromatic heterocycles. The van der Waals surface area contributed by atoms with Crippen LogP contribution < -0.4 is 10.5 Å². The monoisotopic (exact) mass is 270 g/mol. The SMILES string of the molecule is COc1nc(N)nc(-c2cc(Cl)ccc2Cl)n1. The standard InChI is InChI=1S/C10H8Cl2N4O/c1-17-10-15-8(14-9(13)16-10)6-4-5(11)2-3-7(6)12/h2-4H,1H3,(H2,13,14,15,16). The van der Waals surface area contributed by atoms with Crippen molar-refractivity contribution in [3.8, 4) is 17.4 Å². The van der Waals surface area contributed by atoms with Gasteiger partial charge in [-0.2, -0.15) is 15.0 Å². The molecular formula is C10H8Cl2N4O. The van der Waals surface area contributed by atoms with Gasteiger partial charge in [-0.15, -0.1) is 0 Å². The topological polar surface area (TPSA) is 73.9 Å². The van der Waals surface area contributed by atoms with Crippen LogP contribution in [0.2, 0.25) is 10.0 Å². The molecule has 0 radical (unpaired) electrons. The van der Waals surface area contributed by atoms with Crippen molar-refractivity contribution in [2.24, 2.45) is 0 Å². The minimum absolute atomic E-state index is 0.0582. The van der Waals surface area contributed by atoms with Crippen molar-refractivity contribution < 1.29 is 4.74 Å². The van der Waals surface area contributed by atoms with Gasteiger partial charge in [0.25, 0.3) is 0 Å². The Labute approximate surface area is 108 Å². The highest BCUT2D eigenvalue weighted by Crippen LogP contribution is 2.29. The maximum absolute atomic E-state index is 6.04. The summed E-state index contributed by atoms with van der Waals surface area (Å²) in [6.07, 6.45) is 0. The molecule has 0 aliphatic carbocycles. The van der Waals surface area contributed by atoms with Crippen molar-refractivity contribution in [2.75, 3.05) is 12.8 Å². The highest BCUT2D eigenvalue weighted by molar-refractivity contribution is 6.35. The van der Waals surface area contributed by atoms with E-state index >= 15 is 0 Å². The zero-order valence-electron chi connectivity index (χ0n) is 8.82. The second kappa shape index (κ2) is 4.73. The fourth-order valence-corrected chi connectivity index (χ4v) is 1.63. The fraction of sp³-hybridized carbons (Fsp3) is 0.100. The minimum atomic E-state index is 0.0582. The van der Waals surface area contributed by atoms with Crippen LogP contribution in [-0.4, -0.2) is 22.1 Å².